The minimum absolute atomic E-state index is 0.295. The molecular weight excluding hydrogens is 212 g/mol. The van der Waals surface area contributed by atoms with E-state index in [2.05, 4.69) is 12.2 Å². The van der Waals surface area contributed by atoms with Crippen molar-refractivity contribution in [2.75, 3.05) is 25.9 Å². The molecule has 1 N–H and O–H groups in total. The normalized spacial score (nSPS) is 17.3. The Hall–Kier alpha value is -0.130. The molecule has 0 aromatic heterocycles. The summed E-state index contributed by atoms with van der Waals surface area (Å²) in [6, 6.07) is 0.295. The molecule has 4 nitrogen and oxygen atoms in total. The molecule has 1 aliphatic rings. The highest BCUT2D eigenvalue weighted by atomic mass is 32.2. The first-order valence-corrected chi connectivity index (χ1v) is 7.35. The Bertz CT molecular complexity index is 273. The summed E-state index contributed by atoms with van der Waals surface area (Å²) in [5, 5.41) is 3.19. The molecule has 5 heteroatoms. The lowest BCUT2D eigenvalue weighted by Gasteiger charge is -2.15. The Morgan fingerprint density at radius 2 is 2.00 bits per heavy atom. The van der Waals surface area contributed by atoms with E-state index < -0.39 is 10.0 Å². The molecule has 1 saturated carbocycles. The van der Waals surface area contributed by atoms with Crippen LogP contribution >= 0.6 is 0 Å². The average Bonchev–Trinajstić information content (AvgIpc) is 2.99. The van der Waals surface area contributed by atoms with Gasteiger partial charge in [-0.25, -0.2) is 12.7 Å². The van der Waals surface area contributed by atoms with Crippen LogP contribution < -0.4 is 5.32 Å². The zero-order chi connectivity index (χ0) is 11.3. The summed E-state index contributed by atoms with van der Waals surface area (Å²) < 4.78 is 25.1. The van der Waals surface area contributed by atoms with Gasteiger partial charge in [0.2, 0.25) is 10.0 Å². The molecule has 0 spiro atoms. The van der Waals surface area contributed by atoms with E-state index in [9.17, 15) is 8.42 Å². The van der Waals surface area contributed by atoms with Crippen LogP contribution in [0.5, 0.6) is 0 Å². The van der Waals surface area contributed by atoms with Crippen LogP contribution in [-0.2, 0) is 10.0 Å². The van der Waals surface area contributed by atoms with E-state index in [1.54, 1.807) is 11.4 Å². The van der Waals surface area contributed by atoms with Gasteiger partial charge in [0, 0.05) is 13.1 Å². The van der Waals surface area contributed by atoms with E-state index in [1.807, 2.05) is 0 Å². The summed E-state index contributed by atoms with van der Waals surface area (Å²) in [5.41, 5.74) is 0. The molecule has 0 radical (unpaired) electrons. The molecule has 0 atom stereocenters. The Labute approximate surface area is 93.1 Å². The highest BCUT2D eigenvalue weighted by Gasteiger charge is 2.33. The standard InChI is InChI=1S/C10H22N2O2S/c1-3-11-8-4-5-9-15(13,14)12(2)10-6-7-10/h10-11H,3-9H2,1-2H3. The maximum absolute atomic E-state index is 11.8. The molecule has 0 heterocycles. The highest BCUT2D eigenvalue weighted by molar-refractivity contribution is 7.89. The van der Waals surface area contributed by atoms with Crippen molar-refractivity contribution in [3.05, 3.63) is 0 Å². The quantitative estimate of drug-likeness (QED) is 0.632. The summed E-state index contributed by atoms with van der Waals surface area (Å²) in [7, 11) is -1.27. The Morgan fingerprint density at radius 1 is 1.33 bits per heavy atom. The van der Waals surface area contributed by atoms with Crippen molar-refractivity contribution >= 4 is 10.0 Å². The molecule has 0 bridgehead atoms. The summed E-state index contributed by atoms with van der Waals surface area (Å²) in [4.78, 5) is 0. The Balaban J connectivity index is 2.18. The van der Waals surface area contributed by atoms with Gasteiger partial charge >= 0.3 is 0 Å². The van der Waals surface area contributed by atoms with Crippen molar-refractivity contribution in [1.82, 2.24) is 9.62 Å². The largest absolute Gasteiger partial charge is 0.317 e. The van der Waals surface area contributed by atoms with Gasteiger partial charge in [-0.1, -0.05) is 6.92 Å². The summed E-state index contributed by atoms with van der Waals surface area (Å²) in [6.07, 6.45) is 3.76. The fraction of sp³-hybridized carbons (Fsp3) is 1.00. The van der Waals surface area contributed by atoms with Gasteiger partial charge in [-0.2, -0.15) is 0 Å². The maximum Gasteiger partial charge on any atom is 0.214 e. The molecule has 0 aromatic rings. The monoisotopic (exact) mass is 234 g/mol. The number of unbranched alkanes of at least 4 members (excludes halogenated alkanes) is 1. The second kappa shape index (κ2) is 5.82. The third-order valence-electron chi connectivity index (χ3n) is 2.76. The lowest BCUT2D eigenvalue weighted by Crippen LogP contribution is -2.31. The van der Waals surface area contributed by atoms with Crippen molar-refractivity contribution < 1.29 is 8.42 Å². The van der Waals surface area contributed by atoms with Crippen LogP contribution in [0.3, 0.4) is 0 Å². The fourth-order valence-electron chi connectivity index (χ4n) is 1.52. The van der Waals surface area contributed by atoms with Gasteiger partial charge in [0.05, 0.1) is 5.75 Å². The summed E-state index contributed by atoms with van der Waals surface area (Å²) in [6.45, 7) is 3.92. The van der Waals surface area contributed by atoms with Gasteiger partial charge in [0.25, 0.3) is 0 Å². The fourth-order valence-corrected chi connectivity index (χ4v) is 3.04. The number of nitrogens with one attached hydrogen (secondary N) is 1. The number of rotatable bonds is 8. The Kier molecular flexibility index (Phi) is 5.02. The van der Waals surface area contributed by atoms with E-state index in [0.717, 1.165) is 38.8 Å². The van der Waals surface area contributed by atoms with Crippen molar-refractivity contribution in [1.29, 1.82) is 0 Å². The molecule has 0 unspecified atom stereocenters. The SMILES string of the molecule is CCNCCCCS(=O)(=O)N(C)C1CC1. The van der Waals surface area contributed by atoms with Crippen LogP contribution in [0.25, 0.3) is 0 Å². The van der Waals surface area contributed by atoms with E-state index in [-0.39, 0.29) is 0 Å². The lowest BCUT2D eigenvalue weighted by molar-refractivity contribution is 0.462. The summed E-state index contributed by atoms with van der Waals surface area (Å²) >= 11 is 0. The minimum atomic E-state index is -2.98. The second-order valence-corrected chi connectivity index (χ2v) is 6.27. The van der Waals surface area contributed by atoms with E-state index >= 15 is 0 Å². The van der Waals surface area contributed by atoms with Crippen molar-refractivity contribution in [2.45, 2.75) is 38.6 Å². The molecule has 90 valence electrons. The van der Waals surface area contributed by atoms with Crippen LogP contribution in [0.4, 0.5) is 0 Å². The zero-order valence-electron chi connectivity index (χ0n) is 9.70. The topological polar surface area (TPSA) is 49.4 Å². The number of hydrogen-bond acceptors (Lipinski definition) is 3. The first-order valence-electron chi connectivity index (χ1n) is 5.74. The van der Waals surface area contributed by atoms with Crippen LogP contribution in [0.2, 0.25) is 0 Å². The number of hydrogen-bond donors (Lipinski definition) is 1. The van der Waals surface area contributed by atoms with Crippen LogP contribution in [-0.4, -0.2) is 44.7 Å². The van der Waals surface area contributed by atoms with Gasteiger partial charge in [-0.05, 0) is 38.8 Å². The van der Waals surface area contributed by atoms with Gasteiger partial charge in [0.1, 0.15) is 0 Å². The van der Waals surface area contributed by atoms with Gasteiger partial charge in [0.15, 0.2) is 0 Å². The molecular formula is C10H22N2O2S. The molecule has 0 aromatic carbocycles. The molecule has 1 fully saturated rings. The third-order valence-corrected chi connectivity index (χ3v) is 4.74. The van der Waals surface area contributed by atoms with E-state index in [4.69, 9.17) is 0 Å². The van der Waals surface area contributed by atoms with Gasteiger partial charge < -0.3 is 5.32 Å². The lowest BCUT2D eigenvalue weighted by atomic mass is 10.3. The van der Waals surface area contributed by atoms with Crippen molar-refractivity contribution in [3.63, 3.8) is 0 Å². The molecule has 0 amide bonds. The Morgan fingerprint density at radius 3 is 2.53 bits per heavy atom. The highest BCUT2D eigenvalue weighted by Crippen LogP contribution is 2.27. The zero-order valence-corrected chi connectivity index (χ0v) is 10.5. The third kappa shape index (κ3) is 4.49. The molecule has 1 rings (SSSR count). The van der Waals surface area contributed by atoms with Crippen LogP contribution in [0.1, 0.15) is 32.6 Å². The smallest absolute Gasteiger partial charge is 0.214 e. The predicted octanol–water partition coefficient (Wildman–Crippen LogP) is 0.800. The molecule has 0 saturated heterocycles. The van der Waals surface area contributed by atoms with Crippen LogP contribution in [0.15, 0.2) is 0 Å². The molecule has 1 aliphatic carbocycles. The number of nitrogens with zero attached hydrogens (tertiary/aromatic N) is 1. The predicted molar refractivity (Wildman–Crippen MR) is 62.3 cm³/mol. The maximum atomic E-state index is 11.8. The number of sulfonamides is 1. The van der Waals surface area contributed by atoms with Gasteiger partial charge in [-0.15, -0.1) is 0 Å². The van der Waals surface area contributed by atoms with Gasteiger partial charge in [-0.3, -0.25) is 0 Å². The molecule has 15 heavy (non-hydrogen) atoms. The van der Waals surface area contributed by atoms with Crippen LogP contribution in [0, 0.1) is 0 Å². The first-order chi connectivity index (χ1) is 7.08. The van der Waals surface area contributed by atoms with Crippen molar-refractivity contribution in [3.8, 4) is 0 Å². The molecule has 0 aliphatic heterocycles. The summed E-state index contributed by atoms with van der Waals surface area (Å²) in [5.74, 6) is 0.297. The second-order valence-electron chi connectivity index (χ2n) is 4.12. The van der Waals surface area contributed by atoms with E-state index in [1.165, 1.54) is 0 Å². The first kappa shape index (κ1) is 12.9. The minimum Gasteiger partial charge on any atom is -0.317 e. The van der Waals surface area contributed by atoms with E-state index in [0.29, 0.717) is 11.8 Å². The average molecular weight is 234 g/mol. The van der Waals surface area contributed by atoms with Crippen molar-refractivity contribution in [2.24, 2.45) is 0 Å².